The summed E-state index contributed by atoms with van der Waals surface area (Å²) in [5.74, 6) is 1.22. The Balaban J connectivity index is 1.96. The third-order valence-corrected chi connectivity index (χ3v) is 3.78. The molecule has 1 amide bonds. The fraction of sp³-hybridized carbons (Fsp3) is 0.562. The van der Waals surface area contributed by atoms with Gasteiger partial charge in [-0.05, 0) is 43.4 Å². The number of nitrogens with zero attached hydrogens (tertiary/aromatic N) is 1. The zero-order chi connectivity index (χ0) is 15.2. The van der Waals surface area contributed by atoms with E-state index in [0.717, 1.165) is 18.6 Å². The zero-order valence-corrected chi connectivity index (χ0v) is 12.7. The number of benzene rings is 1. The summed E-state index contributed by atoms with van der Waals surface area (Å²) in [6.07, 6.45) is 1.59. The number of amides is 1. The van der Waals surface area contributed by atoms with E-state index in [4.69, 9.17) is 15.2 Å². The van der Waals surface area contributed by atoms with Crippen LogP contribution in [0.4, 0.5) is 4.79 Å². The fourth-order valence-electron chi connectivity index (χ4n) is 2.85. The molecule has 1 aliphatic rings. The molecular weight excluding hydrogens is 268 g/mol. The van der Waals surface area contributed by atoms with Gasteiger partial charge in [-0.25, -0.2) is 4.79 Å². The second-order valence-electron chi connectivity index (χ2n) is 5.52. The molecule has 1 fully saturated rings. The van der Waals surface area contributed by atoms with Crippen LogP contribution in [0.1, 0.15) is 18.9 Å². The lowest BCUT2D eigenvalue weighted by atomic mass is 9.89. The van der Waals surface area contributed by atoms with Gasteiger partial charge < -0.3 is 20.1 Å². The highest BCUT2D eigenvalue weighted by Crippen LogP contribution is 2.22. The quantitative estimate of drug-likeness (QED) is 0.922. The van der Waals surface area contributed by atoms with Gasteiger partial charge in [-0.3, -0.25) is 0 Å². The first kappa shape index (κ1) is 15.6. The van der Waals surface area contributed by atoms with Gasteiger partial charge in [-0.2, -0.15) is 0 Å². The van der Waals surface area contributed by atoms with Crippen LogP contribution in [0.3, 0.4) is 0 Å². The van der Waals surface area contributed by atoms with Crippen molar-refractivity contribution in [3.05, 3.63) is 29.8 Å². The van der Waals surface area contributed by atoms with Crippen LogP contribution in [0, 0.1) is 5.92 Å². The summed E-state index contributed by atoms with van der Waals surface area (Å²) in [7, 11) is 1.66. The number of likely N-dealkylation sites (tertiary alicyclic amines) is 1. The zero-order valence-electron chi connectivity index (χ0n) is 12.7. The average Bonchev–Trinajstić information content (AvgIpc) is 2.47. The number of hydrogen-bond acceptors (Lipinski definition) is 4. The summed E-state index contributed by atoms with van der Waals surface area (Å²) in [5, 5.41) is 0. The summed E-state index contributed by atoms with van der Waals surface area (Å²) in [6.45, 7) is 3.50. The van der Waals surface area contributed by atoms with E-state index in [0.29, 0.717) is 25.6 Å². The summed E-state index contributed by atoms with van der Waals surface area (Å²) < 4.78 is 10.2. The molecule has 0 radical (unpaired) electrons. The SMILES string of the molecule is CCOC(=O)N1CC(N)CC(Cc2ccc(OC)cc2)C1. The first-order valence-corrected chi connectivity index (χ1v) is 7.42. The third-order valence-electron chi connectivity index (χ3n) is 3.78. The van der Waals surface area contributed by atoms with Gasteiger partial charge in [0.2, 0.25) is 0 Å². The molecule has 2 atom stereocenters. The molecule has 21 heavy (non-hydrogen) atoms. The number of methoxy groups -OCH3 is 1. The molecule has 0 aliphatic carbocycles. The van der Waals surface area contributed by atoms with Crippen molar-refractivity contribution in [3.8, 4) is 5.75 Å². The Labute approximate surface area is 126 Å². The molecule has 1 saturated heterocycles. The minimum Gasteiger partial charge on any atom is -0.497 e. The molecule has 0 spiro atoms. The van der Waals surface area contributed by atoms with Gasteiger partial charge in [0, 0.05) is 19.1 Å². The van der Waals surface area contributed by atoms with Crippen molar-refractivity contribution in [2.45, 2.75) is 25.8 Å². The maximum atomic E-state index is 11.9. The van der Waals surface area contributed by atoms with Crippen LogP contribution >= 0.6 is 0 Å². The van der Waals surface area contributed by atoms with E-state index in [1.807, 2.05) is 19.1 Å². The normalized spacial score (nSPS) is 22.0. The number of nitrogens with two attached hydrogens (primary N) is 1. The monoisotopic (exact) mass is 292 g/mol. The molecule has 2 unspecified atom stereocenters. The van der Waals surface area contributed by atoms with Gasteiger partial charge in [-0.15, -0.1) is 0 Å². The molecule has 116 valence electrons. The molecule has 1 aliphatic heterocycles. The first-order valence-electron chi connectivity index (χ1n) is 7.42. The lowest BCUT2D eigenvalue weighted by Crippen LogP contribution is -2.50. The molecule has 0 bridgehead atoms. The predicted octanol–water partition coefficient (Wildman–Crippen LogP) is 2.04. The van der Waals surface area contributed by atoms with E-state index in [1.165, 1.54) is 5.56 Å². The molecule has 0 saturated carbocycles. The second kappa shape index (κ2) is 7.31. The highest BCUT2D eigenvalue weighted by molar-refractivity contribution is 5.67. The molecule has 1 heterocycles. The summed E-state index contributed by atoms with van der Waals surface area (Å²) in [6, 6.07) is 8.07. The van der Waals surface area contributed by atoms with Crippen LogP contribution in [0.5, 0.6) is 5.75 Å². The highest BCUT2D eigenvalue weighted by Gasteiger charge is 2.28. The third kappa shape index (κ3) is 4.36. The number of rotatable bonds is 4. The number of carbonyl (C=O) groups excluding carboxylic acids is 1. The molecule has 0 aromatic heterocycles. The molecule has 1 aromatic carbocycles. The fourth-order valence-corrected chi connectivity index (χ4v) is 2.85. The second-order valence-corrected chi connectivity index (χ2v) is 5.52. The topological polar surface area (TPSA) is 64.8 Å². The Bertz CT molecular complexity index is 461. The van der Waals surface area contributed by atoms with Crippen molar-refractivity contribution in [2.24, 2.45) is 11.7 Å². The van der Waals surface area contributed by atoms with Crippen molar-refractivity contribution < 1.29 is 14.3 Å². The number of carbonyl (C=O) groups is 1. The van der Waals surface area contributed by atoms with E-state index in [-0.39, 0.29) is 12.1 Å². The van der Waals surface area contributed by atoms with Crippen LogP contribution < -0.4 is 10.5 Å². The number of piperidine rings is 1. The van der Waals surface area contributed by atoms with Gasteiger partial charge in [-0.1, -0.05) is 12.1 Å². The lowest BCUT2D eigenvalue weighted by Gasteiger charge is -2.35. The summed E-state index contributed by atoms with van der Waals surface area (Å²) in [4.78, 5) is 13.6. The lowest BCUT2D eigenvalue weighted by molar-refractivity contribution is 0.0833. The standard InChI is InChI=1S/C16H24N2O3/c1-3-21-16(19)18-10-13(9-14(17)11-18)8-12-4-6-15(20-2)7-5-12/h4-7,13-14H,3,8-11,17H2,1-2H3. The van der Waals surface area contributed by atoms with Crippen molar-refractivity contribution in [1.82, 2.24) is 4.90 Å². The maximum absolute atomic E-state index is 11.9. The van der Waals surface area contributed by atoms with Crippen molar-refractivity contribution in [2.75, 3.05) is 26.8 Å². The van der Waals surface area contributed by atoms with Gasteiger partial charge >= 0.3 is 6.09 Å². The van der Waals surface area contributed by atoms with Crippen LogP contribution in [0.25, 0.3) is 0 Å². The molecule has 2 rings (SSSR count). The van der Waals surface area contributed by atoms with E-state index in [1.54, 1.807) is 12.0 Å². The van der Waals surface area contributed by atoms with E-state index in [2.05, 4.69) is 12.1 Å². The first-order chi connectivity index (χ1) is 10.1. The summed E-state index contributed by atoms with van der Waals surface area (Å²) in [5.41, 5.74) is 7.31. The largest absolute Gasteiger partial charge is 0.497 e. The smallest absolute Gasteiger partial charge is 0.409 e. The van der Waals surface area contributed by atoms with E-state index < -0.39 is 0 Å². The minimum absolute atomic E-state index is 0.0198. The van der Waals surface area contributed by atoms with Crippen molar-refractivity contribution in [1.29, 1.82) is 0 Å². The van der Waals surface area contributed by atoms with Crippen LogP contribution in [-0.4, -0.2) is 43.8 Å². The molecule has 1 aromatic rings. The van der Waals surface area contributed by atoms with Gasteiger partial charge in [0.05, 0.1) is 13.7 Å². The molecule has 5 nitrogen and oxygen atoms in total. The van der Waals surface area contributed by atoms with E-state index in [9.17, 15) is 4.79 Å². The number of hydrogen-bond donors (Lipinski definition) is 1. The predicted molar refractivity (Wildman–Crippen MR) is 81.4 cm³/mol. The Kier molecular flexibility index (Phi) is 5.44. The van der Waals surface area contributed by atoms with Gasteiger partial charge in [0.1, 0.15) is 5.75 Å². The van der Waals surface area contributed by atoms with Gasteiger partial charge in [0.25, 0.3) is 0 Å². The number of ether oxygens (including phenoxy) is 2. The maximum Gasteiger partial charge on any atom is 0.409 e. The Hall–Kier alpha value is -1.75. The van der Waals surface area contributed by atoms with Gasteiger partial charge in [0.15, 0.2) is 0 Å². The highest BCUT2D eigenvalue weighted by atomic mass is 16.6. The van der Waals surface area contributed by atoms with E-state index >= 15 is 0 Å². The Morgan fingerprint density at radius 3 is 2.67 bits per heavy atom. The average molecular weight is 292 g/mol. The van der Waals surface area contributed by atoms with Crippen molar-refractivity contribution >= 4 is 6.09 Å². The molecule has 2 N–H and O–H groups in total. The Morgan fingerprint density at radius 1 is 1.33 bits per heavy atom. The minimum atomic E-state index is -0.257. The van der Waals surface area contributed by atoms with Crippen LogP contribution in [-0.2, 0) is 11.2 Å². The van der Waals surface area contributed by atoms with Crippen LogP contribution in [0.2, 0.25) is 0 Å². The summed E-state index contributed by atoms with van der Waals surface area (Å²) >= 11 is 0. The molecule has 5 heteroatoms. The van der Waals surface area contributed by atoms with Crippen molar-refractivity contribution in [3.63, 3.8) is 0 Å². The Morgan fingerprint density at radius 2 is 2.05 bits per heavy atom. The van der Waals surface area contributed by atoms with Crippen LogP contribution in [0.15, 0.2) is 24.3 Å². The molecular formula is C16H24N2O3.